The average Bonchev–Trinajstić information content (AvgIpc) is 2.71. The van der Waals surface area contributed by atoms with Crippen LogP contribution in [0.1, 0.15) is 21.6 Å². The van der Waals surface area contributed by atoms with Crippen molar-refractivity contribution >= 4 is 23.3 Å². The number of nitrogens with one attached hydrogen (secondary N) is 2. The van der Waals surface area contributed by atoms with Crippen LogP contribution in [0.4, 0.5) is 10.2 Å². The molecule has 0 unspecified atom stereocenters. The molecule has 1 aromatic heterocycles. The van der Waals surface area contributed by atoms with Gasteiger partial charge < -0.3 is 10.6 Å². The third-order valence-corrected chi connectivity index (χ3v) is 4.40. The lowest BCUT2D eigenvalue weighted by molar-refractivity contribution is 0.0949. The molecule has 0 saturated carbocycles. The SMILES string of the molecule is O=C(NCCc1ccc(F)cc1)c1cc(NCCc2ccc(Cl)cc2)ncn1. The van der Waals surface area contributed by atoms with Gasteiger partial charge in [0.1, 0.15) is 23.7 Å². The van der Waals surface area contributed by atoms with Crippen molar-refractivity contribution in [1.82, 2.24) is 15.3 Å². The van der Waals surface area contributed by atoms with Crippen LogP contribution in [0.2, 0.25) is 5.02 Å². The molecule has 28 heavy (non-hydrogen) atoms. The highest BCUT2D eigenvalue weighted by Gasteiger charge is 2.08. The molecule has 0 radical (unpaired) electrons. The van der Waals surface area contributed by atoms with Crippen molar-refractivity contribution in [1.29, 1.82) is 0 Å². The lowest BCUT2D eigenvalue weighted by atomic mass is 10.1. The van der Waals surface area contributed by atoms with E-state index < -0.39 is 0 Å². The molecule has 5 nitrogen and oxygen atoms in total. The van der Waals surface area contributed by atoms with Crippen molar-refractivity contribution in [2.45, 2.75) is 12.8 Å². The highest BCUT2D eigenvalue weighted by molar-refractivity contribution is 6.30. The van der Waals surface area contributed by atoms with E-state index in [1.165, 1.54) is 18.5 Å². The van der Waals surface area contributed by atoms with Gasteiger partial charge in [0.15, 0.2) is 0 Å². The Balaban J connectivity index is 1.46. The zero-order chi connectivity index (χ0) is 19.8. The second-order valence-electron chi connectivity index (χ2n) is 6.22. The number of hydrogen-bond acceptors (Lipinski definition) is 4. The molecule has 144 valence electrons. The van der Waals surface area contributed by atoms with Gasteiger partial charge in [-0.1, -0.05) is 35.9 Å². The summed E-state index contributed by atoms with van der Waals surface area (Å²) in [4.78, 5) is 20.4. The third kappa shape index (κ3) is 6.03. The zero-order valence-corrected chi connectivity index (χ0v) is 15.9. The molecule has 0 saturated heterocycles. The highest BCUT2D eigenvalue weighted by atomic mass is 35.5. The maximum Gasteiger partial charge on any atom is 0.270 e. The van der Waals surface area contributed by atoms with E-state index in [0.29, 0.717) is 36.0 Å². The first-order valence-corrected chi connectivity index (χ1v) is 9.31. The summed E-state index contributed by atoms with van der Waals surface area (Å²) < 4.78 is 12.9. The fourth-order valence-corrected chi connectivity index (χ4v) is 2.75. The van der Waals surface area contributed by atoms with Crippen LogP contribution < -0.4 is 10.6 Å². The monoisotopic (exact) mass is 398 g/mol. The molecule has 0 spiro atoms. The Morgan fingerprint density at radius 3 is 2.29 bits per heavy atom. The Labute approximate surface area is 168 Å². The number of aromatic nitrogens is 2. The highest BCUT2D eigenvalue weighted by Crippen LogP contribution is 2.10. The smallest absolute Gasteiger partial charge is 0.270 e. The van der Waals surface area contributed by atoms with E-state index in [2.05, 4.69) is 20.6 Å². The van der Waals surface area contributed by atoms with Gasteiger partial charge in [0, 0.05) is 24.2 Å². The molecule has 2 aromatic carbocycles. The van der Waals surface area contributed by atoms with Gasteiger partial charge in [0.05, 0.1) is 0 Å². The minimum absolute atomic E-state index is 0.273. The van der Waals surface area contributed by atoms with Crippen molar-refractivity contribution in [2.24, 2.45) is 0 Å². The predicted octanol–water partition coefficient (Wildman–Crippen LogP) is 3.90. The molecule has 0 aliphatic carbocycles. The summed E-state index contributed by atoms with van der Waals surface area (Å²) in [6.45, 7) is 1.11. The van der Waals surface area contributed by atoms with E-state index in [1.54, 1.807) is 18.2 Å². The van der Waals surface area contributed by atoms with Gasteiger partial charge in [-0.2, -0.15) is 0 Å². The molecule has 3 aromatic rings. The first-order valence-electron chi connectivity index (χ1n) is 8.93. The summed E-state index contributed by atoms with van der Waals surface area (Å²) in [6.07, 6.45) is 2.78. The number of anilines is 1. The second kappa shape index (κ2) is 9.80. The van der Waals surface area contributed by atoms with Gasteiger partial charge in [0.25, 0.3) is 5.91 Å². The lowest BCUT2D eigenvalue weighted by Crippen LogP contribution is -2.26. The third-order valence-electron chi connectivity index (χ3n) is 4.15. The Kier molecular flexibility index (Phi) is 6.92. The molecule has 0 bridgehead atoms. The topological polar surface area (TPSA) is 66.9 Å². The van der Waals surface area contributed by atoms with E-state index >= 15 is 0 Å². The van der Waals surface area contributed by atoms with Crippen LogP contribution in [0.15, 0.2) is 60.9 Å². The van der Waals surface area contributed by atoms with Gasteiger partial charge in [-0.25, -0.2) is 14.4 Å². The summed E-state index contributed by atoms with van der Waals surface area (Å²) in [5, 5.41) is 6.71. The van der Waals surface area contributed by atoms with E-state index in [9.17, 15) is 9.18 Å². The summed E-state index contributed by atoms with van der Waals surface area (Å²) in [5.74, 6) is 0.0442. The number of carbonyl (C=O) groups excluding carboxylic acids is 1. The van der Waals surface area contributed by atoms with E-state index in [0.717, 1.165) is 17.5 Å². The van der Waals surface area contributed by atoms with Gasteiger partial charge in [0.2, 0.25) is 0 Å². The van der Waals surface area contributed by atoms with Crippen LogP contribution >= 0.6 is 11.6 Å². The van der Waals surface area contributed by atoms with Crippen molar-refractivity contribution in [3.05, 3.63) is 88.6 Å². The van der Waals surface area contributed by atoms with E-state index in [4.69, 9.17) is 11.6 Å². The quantitative estimate of drug-likeness (QED) is 0.604. The van der Waals surface area contributed by atoms with Crippen molar-refractivity contribution in [2.75, 3.05) is 18.4 Å². The summed E-state index contributed by atoms with van der Waals surface area (Å²) in [7, 11) is 0. The van der Waals surface area contributed by atoms with Gasteiger partial charge in [-0.3, -0.25) is 4.79 Å². The fraction of sp³-hybridized carbons (Fsp3) is 0.190. The number of rotatable bonds is 8. The standard InChI is InChI=1S/C21H20ClFN4O/c22-17-5-1-15(2-6-17)9-11-24-20-13-19(26-14-27-20)21(28)25-12-10-16-3-7-18(23)8-4-16/h1-8,13-14H,9-12H2,(H,25,28)(H,24,26,27). The molecule has 2 N–H and O–H groups in total. The molecule has 3 rings (SSSR count). The van der Waals surface area contributed by atoms with Crippen LogP contribution in [-0.2, 0) is 12.8 Å². The number of benzene rings is 2. The number of halogens is 2. The molecule has 0 atom stereocenters. The van der Waals surface area contributed by atoms with Crippen molar-refractivity contribution < 1.29 is 9.18 Å². The minimum atomic E-state index is -0.273. The molecule has 0 aliphatic rings. The van der Waals surface area contributed by atoms with Crippen LogP contribution in [-0.4, -0.2) is 29.0 Å². The minimum Gasteiger partial charge on any atom is -0.370 e. The van der Waals surface area contributed by atoms with Gasteiger partial charge in [-0.05, 0) is 48.2 Å². The largest absolute Gasteiger partial charge is 0.370 e. The van der Waals surface area contributed by atoms with Crippen LogP contribution in [0.25, 0.3) is 0 Å². The first-order chi connectivity index (χ1) is 13.6. The Morgan fingerprint density at radius 1 is 0.929 bits per heavy atom. The number of carbonyl (C=O) groups is 1. The molecule has 7 heteroatoms. The lowest BCUT2D eigenvalue weighted by Gasteiger charge is -2.08. The molecule has 0 aliphatic heterocycles. The summed E-state index contributed by atoms with van der Waals surface area (Å²) in [6, 6.07) is 15.5. The molecule has 1 amide bonds. The van der Waals surface area contributed by atoms with E-state index in [1.807, 2.05) is 24.3 Å². The maximum absolute atomic E-state index is 12.9. The summed E-state index contributed by atoms with van der Waals surface area (Å²) >= 11 is 5.88. The molecule has 0 fully saturated rings. The zero-order valence-electron chi connectivity index (χ0n) is 15.2. The van der Waals surface area contributed by atoms with E-state index in [-0.39, 0.29) is 11.7 Å². The number of hydrogen-bond donors (Lipinski definition) is 2. The maximum atomic E-state index is 12.9. The van der Waals surface area contributed by atoms with Crippen molar-refractivity contribution in [3.63, 3.8) is 0 Å². The first kappa shape index (κ1) is 19.8. The predicted molar refractivity (Wildman–Crippen MR) is 108 cm³/mol. The van der Waals surface area contributed by atoms with Gasteiger partial charge in [-0.15, -0.1) is 0 Å². The Morgan fingerprint density at radius 2 is 1.57 bits per heavy atom. The summed E-state index contributed by atoms with van der Waals surface area (Å²) in [5.41, 5.74) is 2.40. The van der Waals surface area contributed by atoms with Crippen molar-refractivity contribution in [3.8, 4) is 0 Å². The fourth-order valence-electron chi connectivity index (χ4n) is 2.63. The normalized spacial score (nSPS) is 10.5. The molecular weight excluding hydrogens is 379 g/mol. The molecular formula is C21H20ClFN4O. The Hall–Kier alpha value is -2.99. The number of amides is 1. The average molecular weight is 399 g/mol. The Bertz CT molecular complexity index is 916. The second-order valence-corrected chi connectivity index (χ2v) is 6.66. The van der Waals surface area contributed by atoms with Crippen LogP contribution in [0.5, 0.6) is 0 Å². The van der Waals surface area contributed by atoms with Gasteiger partial charge >= 0.3 is 0 Å². The van der Waals surface area contributed by atoms with Crippen LogP contribution in [0, 0.1) is 5.82 Å². The van der Waals surface area contributed by atoms with Crippen LogP contribution in [0.3, 0.4) is 0 Å². The number of nitrogens with zero attached hydrogens (tertiary/aromatic N) is 2. The molecule has 1 heterocycles.